The van der Waals surface area contributed by atoms with E-state index in [1.165, 1.54) is 12.1 Å². The molecule has 2 aromatic carbocycles. The number of para-hydroxylation sites is 1. The Morgan fingerprint density at radius 2 is 1.79 bits per heavy atom. The second-order valence-corrected chi connectivity index (χ2v) is 5.29. The number of rotatable bonds is 3. The van der Waals surface area contributed by atoms with E-state index in [2.05, 4.69) is 20.3 Å². The third-order valence-corrected chi connectivity index (χ3v) is 3.61. The number of pyridine rings is 1. The fourth-order valence-electron chi connectivity index (χ4n) is 2.50. The van der Waals surface area contributed by atoms with Crippen molar-refractivity contribution in [1.29, 1.82) is 0 Å². The first-order valence-corrected chi connectivity index (χ1v) is 7.49. The van der Waals surface area contributed by atoms with Crippen molar-refractivity contribution in [2.75, 3.05) is 5.32 Å². The minimum absolute atomic E-state index is 0.300. The summed E-state index contributed by atoms with van der Waals surface area (Å²) in [6, 6.07) is 17.7. The molecule has 4 rings (SSSR count). The normalized spacial score (nSPS) is 10.7. The predicted molar refractivity (Wildman–Crippen MR) is 92.5 cm³/mol. The molecular formula is C19H13FN4. The number of fused-ring (bicyclic) bond motifs is 1. The quantitative estimate of drug-likeness (QED) is 0.601. The van der Waals surface area contributed by atoms with Crippen molar-refractivity contribution in [2.45, 2.75) is 0 Å². The molecule has 4 aromatic rings. The third kappa shape index (κ3) is 2.79. The van der Waals surface area contributed by atoms with Gasteiger partial charge in [-0.15, -0.1) is 0 Å². The third-order valence-electron chi connectivity index (χ3n) is 3.61. The van der Waals surface area contributed by atoms with Gasteiger partial charge >= 0.3 is 0 Å². The lowest BCUT2D eigenvalue weighted by molar-refractivity contribution is 0.628. The number of hydrogen-bond donors (Lipinski definition) is 1. The predicted octanol–water partition coefficient (Wildman–Crippen LogP) is 4.57. The summed E-state index contributed by atoms with van der Waals surface area (Å²) in [5.41, 5.74) is 2.27. The van der Waals surface area contributed by atoms with E-state index in [4.69, 9.17) is 0 Å². The summed E-state index contributed by atoms with van der Waals surface area (Å²) in [5.74, 6) is 0.900. The topological polar surface area (TPSA) is 50.7 Å². The molecule has 0 unspecified atom stereocenters. The Labute approximate surface area is 138 Å². The molecule has 5 heteroatoms. The molecular weight excluding hydrogens is 303 g/mol. The molecule has 0 fully saturated rings. The highest BCUT2D eigenvalue weighted by molar-refractivity contribution is 5.92. The van der Waals surface area contributed by atoms with Crippen molar-refractivity contribution in [3.63, 3.8) is 0 Å². The van der Waals surface area contributed by atoms with Crippen molar-refractivity contribution >= 4 is 22.4 Å². The molecule has 2 heterocycles. The number of hydrogen-bond acceptors (Lipinski definition) is 4. The van der Waals surface area contributed by atoms with Crippen LogP contribution in [0.5, 0.6) is 0 Å². The van der Waals surface area contributed by atoms with Gasteiger partial charge in [0.25, 0.3) is 0 Å². The SMILES string of the molecule is Fc1cccc(Nc2nc(-c3cccnc3)nc3ccccc23)c1. The molecule has 0 aliphatic rings. The summed E-state index contributed by atoms with van der Waals surface area (Å²) in [6.45, 7) is 0. The van der Waals surface area contributed by atoms with Crippen LogP contribution in [0.15, 0.2) is 73.1 Å². The lowest BCUT2D eigenvalue weighted by Crippen LogP contribution is -1.99. The molecule has 0 spiro atoms. The van der Waals surface area contributed by atoms with Gasteiger partial charge in [0.1, 0.15) is 11.6 Å². The first kappa shape index (κ1) is 14.3. The maximum atomic E-state index is 13.4. The summed E-state index contributed by atoms with van der Waals surface area (Å²) < 4.78 is 13.4. The van der Waals surface area contributed by atoms with Gasteiger partial charge in [0.15, 0.2) is 5.82 Å². The van der Waals surface area contributed by atoms with Crippen LogP contribution in [0.4, 0.5) is 15.9 Å². The molecule has 2 aromatic heterocycles. The maximum Gasteiger partial charge on any atom is 0.163 e. The van der Waals surface area contributed by atoms with Crippen LogP contribution in [0.25, 0.3) is 22.3 Å². The van der Waals surface area contributed by atoms with E-state index >= 15 is 0 Å². The van der Waals surface area contributed by atoms with Crippen LogP contribution in [-0.2, 0) is 0 Å². The van der Waals surface area contributed by atoms with E-state index in [-0.39, 0.29) is 5.82 Å². The lowest BCUT2D eigenvalue weighted by Gasteiger charge is -2.11. The van der Waals surface area contributed by atoms with Crippen molar-refractivity contribution in [2.24, 2.45) is 0 Å². The summed E-state index contributed by atoms with van der Waals surface area (Å²) in [6.07, 6.45) is 3.42. The van der Waals surface area contributed by atoms with Crippen LogP contribution in [0, 0.1) is 5.82 Å². The Hall–Kier alpha value is -3.34. The molecule has 0 amide bonds. The highest BCUT2D eigenvalue weighted by atomic mass is 19.1. The number of nitrogens with one attached hydrogen (secondary N) is 1. The number of anilines is 2. The van der Waals surface area contributed by atoms with Crippen LogP contribution < -0.4 is 5.32 Å². The van der Waals surface area contributed by atoms with Gasteiger partial charge in [-0.05, 0) is 42.5 Å². The molecule has 0 saturated heterocycles. The van der Waals surface area contributed by atoms with E-state index in [0.29, 0.717) is 17.3 Å². The second kappa shape index (κ2) is 6.04. The average molecular weight is 316 g/mol. The van der Waals surface area contributed by atoms with E-state index in [1.807, 2.05) is 36.4 Å². The number of aromatic nitrogens is 3. The fraction of sp³-hybridized carbons (Fsp3) is 0. The molecule has 1 N–H and O–H groups in total. The molecule has 0 radical (unpaired) electrons. The zero-order valence-electron chi connectivity index (χ0n) is 12.6. The Bertz CT molecular complexity index is 1000. The Balaban J connectivity index is 1.86. The molecule has 0 aliphatic heterocycles. The first-order valence-electron chi connectivity index (χ1n) is 7.49. The zero-order valence-corrected chi connectivity index (χ0v) is 12.6. The van der Waals surface area contributed by atoms with Gasteiger partial charge in [0, 0.05) is 29.0 Å². The summed E-state index contributed by atoms with van der Waals surface area (Å²) in [5, 5.41) is 4.06. The average Bonchev–Trinajstić information content (AvgIpc) is 2.62. The second-order valence-electron chi connectivity index (χ2n) is 5.29. The molecule has 0 bridgehead atoms. The molecule has 0 saturated carbocycles. The van der Waals surface area contributed by atoms with Crippen molar-refractivity contribution in [3.05, 3.63) is 78.9 Å². The van der Waals surface area contributed by atoms with Gasteiger partial charge in [0.2, 0.25) is 0 Å². The standard InChI is InChI=1S/C19H13FN4/c20-14-6-3-7-15(11-14)22-19-16-8-1-2-9-17(16)23-18(24-19)13-5-4-10-21-12-13/h1-12H,(H,22,23,24). The van der Waals surface area contributed by atoms with Crippen molar-refractivity contribution in [1.82, 2.24) is 15.0 Å². The highest BCUT2D eigenvalue weighted by Crippen LogP contribution is 2.27. The number of nitrogens with zero attached hydrogens (tertiary/aromatic N) is 3. The molecule has 0 atom stereocenters. The first-order chi connectivity index (χ1) is 11.8. The van der Waals surface area contributed by atoms with E-state index in [0.717, 1.165) is 16.5 Å². The van der Waals surface area contributed by atoms with Gasteiger partial charge in [-0.25, -0.2) is 14.4 Å². The molecule has 0 aliphatic carbocycles. The van der Waals surface area contributed by atoms with E-state index in [9.17, 15) is 4.39 Å². The lowest BCUT2D eigenvalue weighted by atomic mass is 10.2. The number of halogens is 1. The fourth-order valence-corrected chi connectivity index (χ4v) is 2.50. The zero-order chi connectivity index (χ0) is 16.4. The minimum Gasteiger partial charge on any atom is -0.340 e. The summed E-state index contributed by atoms with van der Waals surface area (Å²) in [7, 11) is 0. The molecule has 116 valence electrons. The summed E-state index contributed by atoms with van der Waals surface area (Å²) >= 11 is 0. The Morgan fingerprint density at radius 3 is 2.62 bits per heavy atom. The minimum atomic E-state index is -0.300. The highest BCUT2D eigenvalue weighted by Gasteiger charge is 2.10. The van der Waals surface area contributed by atoms with Gasteiger partial charge in [-0.3, -0.25) is 4.98 Å². The van der Waals surface area contributed by atoms with Gasteiger partial charge in [0.05, 0.1) is 5.52 Å². The van der Waals surface area contributed by atoms with Crippen LogP contribution in [-0.4, -0.2) is 15.0 Å². The van der Waals surface area contributed by atoms with Crippen molar-refractivity contribution in [3.8, 4) is 11.4 Å². The Morgan fingerprint density at radius 1 is 0.875 bits per heavy atom. The maximum absolute atomic E-state index is 13.4. The number of benzene rings is 2. The van der Waals surface area contributed by atoms with E-state index in [1.54, 1.807) is 24.5 Å². The van der Waals surface area contributed by atoms with Gasteiger partial charge in [-0.2, -0.15) is 0 Å². The van der Waals surface area contributed by atoms with Crippen LogP contribution in [0.3, 0.4) is 0 Å². The van der Waals surface area contributed by atoms with Gasteiger partial charge in [-0.1, -0.05) is 18.2 Å². The largest absolute Gasteiger partial charge is 0.340 e. The molecule has 24 heavy (non-hydrogen) atoms. The van der Waals surface area contributed by atoms with E-state index < -0.39 is 0 Å². The monoisotopic (exact) mass is 316 g/mol. The molecule has 4 nitrogen and oxygen atoms in total. The van der Waals surface area contributed by atoms with Crippen LogP contribution in [0.1, 0.15) is 0 Å². The Kier molecular flexibility index (Phi) is 3.59. The van der Waals surface area contributed by atoms with Crippen LogP contribution in [0.2, 0.25) is 0 Å². The summed E-state index contributed by atoms with van der Waals surface area (Å²) in [4.78, 5) is 13.3. The van der Waals surface area contributed by atoms with Gasteiger partial charge < -0.3 is 5.32 Å². The smallest absolute Gasteiger partial charge is 0.163 e. The van der Waals surface area contributed by atoms with Crippen molar-refractivity contribution < 1.29 is 4.39 Å². The van der Waals surface area contributed by atoms with Crippen LogP contribution >= 0.6 is 0 Å².